The molecule has 0 amide bonds. The molecule has 0 radical (unpaired) electrons. The average molecular weight is 419 g/mol. The molecule has 0 spiro atoms. The summed E-state index contributed by atoms with van der Waals surface area (Å²) in [5.74, 6) is 2.23. The molecule has 2 heterocycles. The standard InChI is InChI=1S/C21H27ClN4O3/c1-4-8-29-19-12-16(22)15(11-18(19)28-5-2)17-13-27-9-6-7-26(17)20-10-14(3)24-21(23)25-20/h4,10-12,17H,1,5-9,13H2,2-3H3,(H2,23,24,25). The van der Waals surface area contributed by atoms with Crippen LogP contribution in [-0.4, -0.2) is 42.9 Å². The second kappa shape index (κ2) is 9.80. The predicted molar refractivity (Wildman–Crippen MR) is 115 cm³/mol. The summed E-state index contributed by atoms with van der Waals surface area (Å²) in [4.78, 5) is 10.8. The van der Waals surface area contributed by atoms with Crippen molar-refractivity contribution in [1.29, 1.82) is 0 Å². The van der Waals surface area contributed by atoms with E-state index < -0.39 is 0 Å². The van der Waals surface area contributed by atoms with Crippen LogP contribution in [0.15, 0.2) is 30.9 Å². The number of nitrogens with two attached hydrogens (primary N) is 1. The lowest BCUT2D eigenvalue weighted by Gasteiger charge is -2.32. The van der Waals surface area contributed by atoms with Crippen molar-refractivity contribution in [2.45, 2.75) is 26.3 Å². The molecule has 156 valence electrons. The summed E-state index contributed by atoms with van der Waals surface area (Å²) in [6, 6.07) is 5.49. The summed E-state index contributed by atoms with van der Waals surface area (Å²) in [7, 11) is 0. The maximum Gasteiger partial charge on any atom is 0.222 e. The van der Waals surface area contributed by atoms with Crippen LogP contribution < -0.4 is 20.1 Å². The zero-order valence-corrected chi connectivity index (χ0v) is 17.6. The van der Waals surface area contributed by atoms with Crippen molar-refractivity contribution in [3.8, 4) is 11.5 Å². The second-order valence-electron chi connectivity index (χ2n) is 6.72. The maximum absolute atomic E-state index is 6.68. The van der Waals surface area contributed by atoms with Gasteiger partial charge in [0.05, 0.1) is 19.3 Å². The van der Waals surface area contributed by atoms with Crippen molar-refractivity contribution in [1.82, 2.24) is 9.97 Å². The molecule has 0 bridgehead atoms. The molecule has 0 saturated carbocycles. The van der Waals surface area contributed by atoms with Gasteiger partial charge in [0.25, 0.3) is 0 Å². The molecule has 2 aromatic rings. The van der Waals surface area contributed by atoms with Gasteiger partial charge in [0, 0.05) is 36.0 Å². The lowest BCUT2D eigenvalue weighted by atomic mass is 10.0. The molecule has 1 aromatic heterocycles. The zero-order valence-electron chi connectivity index (χ0n) is 16.9. The highest BCUT2D eigenvalue weighted by atomic mass is 35.5. The van der Waals surface area contributed by atoms with Crippen LogP contribution in [0.5, 0.6) is 11.5 Å². The summed E-state index contributed by atoms with van der Waals surface area (Å²) in [6.45, 7) is 10.3. The monoisotopic (exact) mass is 418 g/mol. The number of hydrogen-bond donors (Lipinski definition) is 1. The first-order chi connectivity index (χ1) is 14.0. The van der Waals surface area contributed by atoms with Gasteiger partial charge in [-0.1, -0.05) is 24.3 Å². The van der Waals surface area contributed by atoms with Gasteiger partial charge in [0.2, 0.25) is 5.95 Å². The van der Waals surface area contributed by atoms with Gasteiger partial charge in [0.15, 0.2) is 11.5 Å². The minimum atomic E-state index is -0.147. The van der Waals surface area contributed by atoms with Gasteiger partial charge in [-0.3, -0.25) is 0 Å². The first-order valence-corrected chi connectivity index (χ1v) is 10.1. The number of hydrogen-bond acceptors (Lipinski definition) is 7. The number of anilines is 2. The molecule has 1 fully saturated rings. The summed E-state index contributed by atoms with van der Waals surface area (Å²) in [6.07, 6.45) is 2.55. The molecule has 1 aromatic carbocycles. The van der Waals surface area contributed by atoms with E-state index in [1.807, 2.05) is 26.0 Å². The number of nitrogen functional groups attached to an aromatic ring is 1. The van der Waals surface area contributed by atoms with E-state index in [9.17, 15) is 0 Å². The fourth-order valence-corrected chi connectivity index (χ4v) is 3.65. The molecule has 1 aliphatic heterocycles. The Kier molecular flexibility index (Phi) is 7.17. The van der Waals surface area contributed by atoms with Crippen molar-refractivity contribution in [3.05, 3.63) is 47.1 Å². The van der Waals surface area contributed by atoms with E-state index in [-0.39, 0.29) is 12.0 Å². The van der Waals surface area contributed by atoms with Crippen LogP contribution in [0.4, 0.5) is 11.8 Å². The van der Waals surface area contributed by atoms with Gasteiger partial charge >= 0.3 is 0 Å². The second-order valence-corrected chi connectivity index (χ2v) is 7.12. The van der Waals surface area contributed by atoms with Crippen molar-refractivity contribution in [3.63, 3.8) is 0 Å². The Morgan fingerprint density at radius 2 is 2.10 bits per heavy atom. The number of halogens is 1. The smallest absolute Gasteiger partial charge is 0.222 e. The van der Waals surface area contributed by atoms with Gasteiger partial charge in [-0.15, -0.1) is 0 Å². The van der Waals surface area contributed by atoms with Crippen molar-refractivity contribution in [2.75, 3.05) is 43.6 Å². The molecule has 7 nitrogen and oxygen atoms in total. The lowest BCUT2D eigenvalue weighted by molar-refractivity contribution is 0.134. The van der Waals surface area contributed by atoms with E-state index in [1.165, 1.54) is 0 Å². The fourth-order valence-electron chi connectivity index (χ4n) is 3.37. The van der Waals surface area contributed by atoms with Crippen LogP contribution in [0.3, 0.4) is 0 Å². The molecule has 29 heavy (non-hydrogen) atoms. The molecule has 1 atom stereocenters. The third-order valence-corrected chi connectivity index (χ3v) is 4.90. The first kappa shape index (κ1) is 21.2. The van der Waals surface area contributed by atoms with Crippen molar-refractivity contribution in [2.24, 2.45) is 0 Å². The van der Waals surface area contributed by atoms with Crippen LogP contribution in [0.1, 0.15) is 30.6 Å². The molecule has 1 unspecified atom stereocenters. The topological polar surface area (TPSA) is 82.7 Å². The third-order valence-electron chi connectivity index (χ3n) is 4.57. The highest BCUT2D eigenvalue weighted by molar-refractivity contribution is 6.31. The molecular formula is C21H27ClN4O3. The summed E-state index contributed by atoms with van der Waals surface area (Å²) in [5, 5.41) is 0.576. The Labute approximate surface area is 176 Å². The first-order valence-electron chi connectivity index (χ1n) is 9.69. The molecule has 0 aliphatic carbocycles. The van der Waals surface area contributed by atoms with E-state index in [4.69, 9.17) is 31.5 Å². The Bertz CT molecular complexity index is 842. The van der Waals surface area contributed by atoms with Crippen LogP contribution >= 0.6 is 11.6 Å². The Hall–Kier alpha value is -2.51. The van der Waals surface area contributed by atoms with Crippen molar-refractivity contribution < 1.29 is 14.2 Å². The number of aryl methyl sites for hydroxylation is 1. The largest absolute Gasteiger partial charge is 0.490 e. The Balaban J connectivity index is 2.04. The number of nitrogens with zero attached hydrogens (tertiary/aromatic N) is 3. The van der Waals surface area contributed by atoms with Gasteiger partial charge in [-0.05, 0) is 31.9 Å². The summed E-state index contributed by atoms with van der Waals surface area (Å²) in [5.41, 5.74) is 7.60. The minimum Gasteiger partial charge on any atom is -0.490 e. The maximum atomic E-state index is 6.68. The Morgan fingerprint density at radius 1 is 1.31 bits per heavy atom. The lowest BCUT2D eigenvalue weighted by Crippen LogP contribution is -2.32. The van der Waals surface area contributed by atoms with E-state index in [0.717, 1.165) is 30.0 Å². The van der Waals surface area contributed by atoms with Crippen LogP contribution in [-0.2, 0) is 4.74 Å². The minimum absolute atomic E-state index is 0.147. The van der Waals surface area contributed by atoms with E-state index in [2.05, 4.69) is 21.4 Å². The number of aromatic nitrogens is 2. The van der Waals surface area contributed by atoms with Gasteiger partial charge in [-0.25, -0.2) is 4.98 Å². The van der Waals surface area contributed by atoms with Gasteiger partial charge in [-0.2, -0.15) is 4.98 Å². The third kappa shape index (κ3) is 5.10. The number of ether oxygens (including phenoxy) is 3. The van der Waals surface area contributed by atoms with E-state index >= 15 is 0 Å². The highest BCUT2D eigenvalue weighted by Gasteiger charge is 2.28. The molecule has 1 saturated heterocycles. The van der Waals surface area contributed by atoms with Crippen LogP contribution in [0, 0.1) is 6.92 Å². The molecule has 3 rings (SSSR count). The molecular weight excluding hydrogens is 392 g/mol. The molecule has 2 N–H and O–H groups in total. The predicted octanol–water partition coefficient (Wildman–Crippen LogP) is 3.95. The van der Waals surface area contributed by atoms with Gasteiger partial charge < -0.3 is 24.8 Å². The molecule has 1 aliphatic rings. The highest BCUT2D eigenvalue weighted by Crippen LogP contribution is 2.40. The zero-order chi connectivity index (χ0) is 20.8. The van der Waals surface area contributed by atoms with E-state index in [1.54, 1.807) is 12.1 Å². The van der Waals surface area contributed by atoms with Crippen LogP contribution in [0.2, 0.25) is 5.02 Å². The SMILES string of the molecule is C=CCOc1cc(Cl)c(C2COCCCN2c2cc(C)nc(N)n2)cc1OCC. The quantitative estimate of drug-likeness (QED) is 0.681. The van der Waals surface area contributed by atoms with E-state index in [0.29, 0.717) is 42.9 Å². The summed E-state index contributed by atoms with van der Waals surface area (Å²) < 4.78 is 17.4. The number of benzene rings is 1. The normalized spacial score (nSPS) is 16.9. The van der Waals surface area contributed by atoms with Crippen LogP contribution in [0.25, 0.3) is 0 Å². The summed E-state index contributed by atoms with van der Waals surface area (Å²) >= 11 is 6.68. The fraction of sp³-hybridized carbons (Fsp3) is 0.429. The van der Waals surface area contributed by atoms with Gasteiger partial charge in [0.1, 0.15) is 12.4 Å². The Morgan fingerprint density at radius 3 is 2.83 bits per heavy atom. The molecule has 8 heteroatoms. The average Bonchev–Trinajstić information content (AvgIpc) is 2.93. The van der Waals surface area contributed by atoms with Crippen molar-refractivity contribution >= 4 is 23.4 Å². The number of rotatable bonds is 7.